The van der Waals surface area contributed by atoms with Gasteiger partial charge in [-0.05, 0) is 30.7 Å². The van der Waals surface area contributed by atoms with E-state index in [0.29, 0.717) is 16.5 Å². The summed E-state index contributed by atoms with van der Waals surface area (Å²) in [5.74, 6) is -0.0636. The van der Waals surface area contributed by atoms with Crippen molar-refractivity contribution < 1.29 is 19.4 Å². The number of carboxylic acid groups (broad SMARTS) is 1. The third-order valence-corrected chi connectivity index (χ3v) is 3.53. The van der Waals surface area contributed by atoms with Gasteiger partial charge < -0.3 is 14.6 Å². The maximum absolute atomic E-state index is 11.5. The average molecular weight is 321 g/mol. The highest BCUT2D eigenvalue weighted by atomic mass is 35.5. The third-order valence-electron chi connectivity index (χ3n) is 3.22. The van der Waals surface area contributed by atoms with Crippen molar-refractivity contribution >= 4 is 17.6 Å². The number of carbonyl (C=O) groups is 1. The van der Waals surface area contributed by atoms with Gasteiger partial charge in [-0.2, -0.15) is 0 Å². The summed E-state index contributed by atoms with van der Waals surface area (Å²) in [6.45, 7) is 1.94. The van der Waals surface area contributed by atoms with Crippen LogP contribution in [-0.4, -0.2) is 24.3 Å². The van der Waals surface area contributed by atoms with Crippen LogP contribution in [0.3, 0.4) is 0 Å². The van der Waals surface area contributed by atoms with Crippen molar-refractivity contribution in [2.24, 2.45) is 0 Å². The summed E-state index contributed by atoms with van der Waals surface area (Å²) in [6, 6.07) is 12.4. The first-order valence-electron chi connectivity index (χ1n) is 6.78. The highest BCUT2D eigenvalue weighted by molar-refractivity contribution is 6.32. The van der Waals surface area contributed by atoms with Crippen molar-refractivity contribution in [2.45, 2.75) is 19.4 Å². The van der Waals surface area contributed by atoms with Crippen LogP contribution in [-0.2, 0) is 11.2 Å². The van der Waals surface area contributed by atoms with Crippen LogP contribution in [0.15, 0.2) is 42.5 Å². The van der Waals surface area contributed by atoms with E-state index in [4.69, 9.17) is 21.1 Å². The lowest BCUT2D eigenvalue weighted by Gasteiger charge is -2.18. The number of hydrogen-bond acceptors (Lipinski definition) is 3. The lowest BCUT2D eigenvalue weighted by molar-refractivity contribution is -0.145. The molecule has 0 radical (unpaired) electrons. The van der Waals surface area contributed by atoms with E-state index in [9.17, 15) is 9.90 Å². The molecule has 1 N–H and O–H groups in total. The monoisotopic (exact) mass is 320 g/mol. The Morgan fingerprint density at radius 2 is 1.95 bits per heavy atom. The minimum atomic E-state index is -1.05. The molecule has 0 saturated heterocycles. The molecule has 0 aliphatic carbocycles. The second-order valence-corrected chi connectivity index (χ2v) is 5.30. The molecule has 0 bridgehead atoms. The number of hydrogen-bond donors (Lipinski definition) is 1. The zero-order valence-corrected chi connectivity index (χ0v) is 13.1. The lowest BCUT2D eigenvalue weighted by Crippen LogP contribution is -2.29. The molecule has 0 heterocycles. The summed E-state index contributed by atoms with van der Waals surface area (Å²) >= 11 is 6.02. The number of ether oxygens (including phenoxy) is 2. The zero-order chi connectivity index (χ0) is 16.1. The summed E-state index contributed by atoms with van der Waals surface area (Å²) in [4.78, 5) is 11.5. The van der Waals surface area contributed by atoms with E-state index in [1.807, 2.05) is 25.1 Å². The van der Waals surface area contributed by atoms with Gasteiger partial charge in [-0.25, -0.2) is 4.79 Å². The van der Waals surface area contributed by atoms with Crippen LogP contribution in [0.5, 0.6) is 11.5 Å². The number of aliphatic carboxylic acids is 1. The van der Waals surface area contributed by atoms with Crippen molar-refractivity contribution in [2.75, 3.05) is 7.11 Å². The van der Waals surface area contributed by atoms with E-state index in [-0.39, 0.29) is 6.42 Å². The number of carboxylic acids is 1. The molecule has 116 valence electrons. The minimum absolute atomic E-state index is 0.186. The van der Waals surface area contributed by atoms with Gasteiger partial charge >= 0.3 is 5.97 Å². The Morgan fingerprint density at radius 3 is 2.59 bits per heavy atom. The largest absolute Gasteiger partial charge is 0.496 e. The highest BCUT2D eigenvalue weighted by Crippen LogP contribution is 2.27. The van der Waals surface area contributed by atoms with Gasteiger partial charge in [-0.15, -0.1) is 0 Å². The van der Waals surface area contributed by atoms with Gasteiger partial charge in [0.2, 0.25) is 0 Å². The molecule has 22 heavy (non-hydrogen) atoms. The number of rotatable bonds is 6. The van der Waals surface area contributed by atoms with Crippen molar-refractivity contribution in [3.05, 3.63) is 58.6 Å². The third kappa shape index (κ3) is 3.92. The van der Waals surface area contributed by atoms with Crippen LogP contribution in [0.2, 0.25) is 5.02 Å². The van der Waals surface area contributed by atoms with Crippen molar-refractivity contribution in [3.8, 4) is 11.5 Å². The second-order valence-electron chi connectivity index (χ2n) is 4.89. The maximum Gasteiger partial charge on any atom is 0.345 e. The Labute approximate surface area is 134 Å². The maximum atomic E-state index is 11.5. The molecule has 2 rings (SSSR count). The fraction of sp³-hybridized carbons (Fsp3) is 0.235. The van der Waals surface area contributed by atoms with Gasteiger partial charge in [0.25, 0.3) is 0 Å². The number of benzene rings is 2. The summed E-state index contributed by atoms with van der Waals surface area (Å²) in [5.41, 5.74) is 1.81. The van der Waals surface area contributed by atoms with Crippen molar-refractivity contribution in [1.82, 2.24) is 0 Å². The van der Waals surface area contributed by atoms with E-state index >= 15 is 0 Å². The van der Waals surface area contributed by atoms with Gasteiger partial charge in [0.15, 0.2) is 6.10 Å². The lowest BCUT2D eigenvalue weighted by atomic mass is 10.0. The SMILES string of the molecule is COc1ccc(C)cc1C[C@H](Oc1ccccc1Cl)C(=O)O. The summed E-state index contributed by atoms with van der Waals surface area (Å²) < 4.78 is 10.8. The molecule has 1 atom stereocenters. The summed E-state index contributed by atoms with van der Waals surface area (Å²) in [6.07, 6.45) is -0.860. The topological polar surface area (TPSA) is 55.8 Å². The van der Waals surface area contributed by atoms with Gasteiger partial charge in [-0.3, -0.25) is 0 Å². The molecule has 2 aromatic rings. The van der Waals surface area contributed by atoms with Crippen LogP contribution < -0.4 is 9.47 Å². The molecule has 0 aliphatic heterocycles. The van der Waals surface area contributed by atoms with E-state index in [0.717, 1.165) is 11.1 Å². The molecule has 0 aromatic heterocycles. The van der Waals surface area contributed by atoms with Gasteiger partial charge in [0, 0.05) is 6.42 Å². The standard InChI is InChI=1S/C17H17ClO4/c1-11-7-8-14(21-2)12(9-11)10-16(17(19)20)22-15-6-4-3-5-13(15)18/h3-9,16H,10H2,1-2H3,(H,19,20)/t16-/m0/s1. The molecule has 0 spiro atoms. The van der Waals surface area contributed by atoms with Crippen LogP contribution >= 0.6 is 11.6 Å². The normalized spacial score (nSPS) is 11.8. The Bertz CT molecular complexity index is 669. The number of para-hydroxylation sites is 1. The first-order valence-corrected chi connectivity index (χ1v) is 7.16. The molecule has 0 fully saturated rings. The summed E-state index contributed by atoms with van der Waals surface area (Å²) in [5, 5.41) is 9.79. The first-order chi connectivity index (χ1) is 10.5. The minimum Gasteiger partial charge on any atom is -0.496 e. The number of halogens is 1. The molecular weight excluding hydrogens is 304 g/mol. The summed E-state index contributed by atoms with van der Waals surface area (Å²) in [7, 11) is 1.55. The van der Waals surface area contributed by atoms with Crippen LogP contribution in [0, 0.1) is 6.92 Å². The molecule has 5 heteroatoms. The van der Waals surface area contributed by atoms with Crippen molar-refractivity contribution in [1.29, 1.82) is 0 Å². The zero-order valence-electron chi connectivity index (χ0n) is 12.4. The predicted molar refractivity (Wildman–Crippen MR) is 84.9 cm³/mol. The van der Waals surface area contributed by atoms with E-state index in [2.05, 4.69) is 0 Å². The molecule has 0 unspecified atom stereocenters. The molecule has 0 amide bonds. The second kappa shape index (κ2) is 7.18. The van der Waals surface area contributed by atoms with Gasteiger partial charge in [-0.1, -0.05) is 41.4 Å². The fourth-order valence-electron chi connectivity index (χ4n) is 2.14. The van der Waals surface area contributed by atoms with Crippen LogP contribution in [0.4, 0.5) is 0 Å². The Hall–Kier alpha value is -2.20. The molecule has 2 aromatic carbocycles. The van der Waals surface area contributed by atoms with Crippen molar-refractivity contribution in [3.63, 3.8) is 0 Å². The van der Waals surface area contributed by atoms with E-state index < -0.39 is 12.1 Å². The molecule has 0 saturated carbocycles. The number of aryl methyl sites for hydroxylation is 1. The predicted octanol–water partition coefficient (Wildman–Crippen LogP) is 3.73. The van der Waals surface area contributed by atoms with Crippen LogP contribution in [0.25, 0.3) is 0 Å². The van der Waals surface area contributed by atoms with E-state index in [1.165, 1.54) is 0 Å². The highest BCUT2D eigenvalue weighted by Gasteiger charge is 2.23. The first kappa shape index (κ1) is 16.2. The Morgan fingerprint density at radius 1 is 1.23 bits per heavy atom. The number of methoxy groups -OCH3 is 1. The quantitative estimate of drug-likeness (QED) is 0.881. The van der Waals surface area contributed by atoms with Gasteiger partial charge in [0.1, 0.15) is 11.5 Å². The molecule has 0 aliphatic rings. The van der Waals surface area contributed by atoms with Gasteiger partial charge in [0.05, 0.1) is 12.1 Å². The van der Waals surface area contributed by atoms with Crippen LogP contribution in [0.1, 0.15) is 11.1 Å². The molecular formula is C17H17ClO4. The fourth-order valence-corrected chi connectivity index (χ4v) is 2.32. The Balaban J connectivity index is 2.25. The smallest absolute Gasteiger partial charge is 0.345 e. The Kier molecular flexibility index (Phi) is 5.28. The molecule has 4 nitrogen and oxygen atoms in total. The average Bonchev–Trinajstić information content (AvgIpc) is 2.49. The van der Waals surface area contributed by atoms with E-state index in [1.54, 1.807) is 31.4 Å².